The molecule has 0 amide bonds. The second kappa shape index (κ2) is 8.24. The van der Waals surface area contributed by atoms with Gasteiger partial charge in [0.05, 0.1) is 18.0 Å². The molecule has 3 fully saturated rings. The molecule has 4 heterocycles. The van der Waals surface area contributed by atoms with Crippen LogP contribution in [-0.2, 0) is 15.9 Å². The highest BCUT2D eigenvalue weighted by Gasteiger charge is 2.73. The van der Waals surface area contributed by atoms with Gasteiger partial charge < -0.3 is 28.7 Å². The van der Waals surface area contributed by atoms with Crippen LogP contribution >= 0.6 is 0 Å². The highest BCUT2D eigenvalue weighted by molar-refractivity contribution is 6.60. The third-order valence-corrected chi connectivity index (χ3v) is 7.50. The summed E-state index contributed by atoms with van der Waals surface area (Å²) >= 11 is 0. The van der Waals surface area contributed by atoms with Gasteiger partial charge in [-0.05, 0) is 67.4 Å². The van der Waals surface area contributed by atoms with Crippen molar-refractivity contribution in [3.05, 3.63) is 64.6 Å². The lowest BCUT2D eigenvalue weighted by Gasteiger charge is -2.41. The van der Waals surface area contributed by atoms with Crippen LogP contribution in [0.5, 0.6) is 5.75 Å². The lowest BCUT2D eigenvalue weighted by molar-refractivity contribution is -0.0634. The van der Waals surface area contributed by atoms with Gasteiger partial charge in [0.15, 0.2) is 6.29 Å². The van der Waals surface area contributed by atoms with Gasteiger partial charge in [0, 0.05) is 37.1 Å². The quantitative estimate of drug-likeness (QED) is 0.432. The number of hydrogen-bond acceptors (Lipinski definition) is 6. The lowest BCUT2D eigenvalue weighted by Crippen LogP contribution is -2.53. The first kappa shape index (κ1) is 21.9. The molecular weight excluding hydrogens is 431 g/mol. The number of likely N-dealkylation sites (N-methyl/N-ethyl adjacent to an activating group) is 1. The van der Waals surface area contributed by atoms with Gasteiger partial charge in [-0.3, -0.25) is 4.79 Å². The third kappa shape index (κ3) is 3.57. The van der Waals surface area contributed by atoms with Crippen LogP contribution in [0.1, 0.15) is 5.56 Å². The number of fused-ring (bicyclic) bond motifs is 4. The average Bonchev–Trinajstić information content (AvgIpc) is 3.53. The number of aryl methyl sites for hydroxylation is 1. The van der Waals surface area contributed by atoms with E-state index in [1.54, 1.807) is 4.57 Å². The highest BCUT2D eigenvalue weighted by Crippen LogP contribution is 2.60. The number of aliphatic hydroxyl groups is 1. The molecule has 0 aliphatic carbocycles. The summed E-state index contributed by atoms with van der Waals surface area (Å²) in [6.07, 6.45) is 1.82. The largest absolute Gasteiger partial charge is 0.466 e. The minimum atomic E-state index is -0.331. The average molecular weight is 460 g/mol. The van der Waals surface area contributed by atoms with Gasteiger partial charge in [-0.1, -0.05) is 18.2 Å². The Bertz CT molecular complexity index is 1310. The van der Waals surface area contributed by atoms with Gasteiger partial charge in [-0.2, -0.15) is 0 Å². The molecule has 34 heavy (non-hydrogen) atoms. The molecule has 0 radical (unpaired) electrons. The summed E-state index contributed by atoms with van der Waals surface area (Å²) in [4.78, 5) is 15.1. The van der Waals surface area contributed by atoms with Crippen LogP contribution in [0.25, 0.3) is 21.9 Å². The first-order chi connectivity index (χ1) is 16.4. The molecule has 7 nitrogen and oxygen atoms in total. The normalized spacial score (nSPS) is 27.0. The van der Waals surface area contributed by atoms with E-state index in [0.29, 0.717) is 6.54 Å². The van der Waals surface area contributed by atoms with Crippen LogP contribution in [-0.4, -0.2) is 67.2 Å². The zero-order chi connectivity index (χ0) is 23.6. The van der Waals surface area contributed by atoms with Crippen LogP contribution in [0.3, 0.4) is 0 Å². The summed E-state index contributed by atoms with van der Waals surface area (Å²) in [7, 11) is 4.01. The molecule has 176 valence electrons. The van der Waals surface area contributed by atoms with Crippen LogP contribution in [0.4, 0.5) is 0 Å². The predicted molar refractivity (Wildman–Crippen MR) is 131 cm³/mol. The Morgan fingerprint density at radius 2 is 1.91 bits per heavy atom. The fourth-order valence-electron chi connectivity index (χ4n) is 5.45. The highest BCUT2D eigenvalue weighted by atomic mass is 16.7. The van der Waals surface area contributed by atoms with Gasteiger partial charge in [-0.15, -0.1) is 0 Å². The summed E-state index contributed by atoms with van der Waals surface area (Å²) in [5, 5.41) is 11.2. The number of ether oxygens (including phenoxy) is 2. The van der Waals surface area contributed by atoms with Crippen molar-refractivity contribution in [1.29, 1.82) is 0 Å². The molecule has 3 saturated heterocycles. The number of rotatable bonds is 7. The van der Waals surface area contributed by atoms with Crippen LogP contribution in [0.2, 0.25) is 11.6 Å². The van der Waals surface area contributed by atoms with Gasteiger partial charge >= 0.3 is 6.92 Å². The molecular formula is C26H29BN2O5. The standard InChI is InChI=1S/C26H29BN2O5/c1-15-12-17(6-7-21(15)32-26-22-24-23(33-24)20(14-30)27(22)34-26)18-5-4-16-8-9-29(11-10-28(2)3)25(31)19(16)13-18/h4-9,12-13,20,22-24,26,30H,10-11,14H2,1-3H3. The van der Waals surface area contributed by atoms with E-state index in [1.807, 2.05) is 57.5 Å². The molecule has 0 bridgehead atoms. The smallest absolute Gasteiger partial charge is 0.318 e. The van der Waals surface area contributed by atoms with Crippen molar-refractivity contribution in [3.63, 3.8) is 0 Å². The van der Waals surface area contributed by atoms with Crippen LogP contribution in [0, 0.1) is 6.92 Å². The van der Waals surface area contributed by atoms with E-state index in [-0.39, 0.29) is 49.2 Å². The maximum absolute atomic E-state index is 13.1. The van der Waals surface area contributed by atoms with Crippen molar-refractivity contribution in [1.82, 2.24) is 9.47 Å². The molecule has 0 spiro atoms. The molecule has 2 aromatic carbocycles. The minimum absolute atomic E-state index is 0.0351. The van der Waals surface area contributed by atoms with Crippen molar-refractivity contribution < 1.29 is 19.2 Å². The van der Waals surface area contributed by atoms with E-state index in [2.05, 4.69) is 17.0 Å². The zero-order valence-corrected chi connectivity index (χ0v) is 19.7. The molecule has 3 aliphatic rings. The maximum Gasteiger partial charge on any atom is 0.318 e. The van der Waals surface area contributed by atoms with E-state index < -0.39 is 0 Å². The van der Waals surface area contributed by atoms with E-state index in [4.69, 9.17) is 14.1 Å². The number of aromatic nitrogens is 1. The second-order valence-electron chi connectivity index (χ2n) is 9.98. The molecule has 5 atom stereocenters. The monoisotopic (exact) mass is 460 g/mol. The fourth-order valence-corrected chi connectivity index (χ4v) is 5.45. The summed E-state index contributed by atoms with van der Waals surface area (Å²) in [5.41, 5.74) is 3.08. The van der Waals surface area contributed by atoms with E-state index in [0.717, 1.165) is 39.8 Å². The zero-order valence-electron chi connectivity index (χ0n) is 19.7. The van der Waals surface area contributed by atoms with Gasteiger partial charge in [-0.25, -0.2) is 0 Å². The minimum Gasteiger partial charge on any atom is -0.466 e. The molecule has 0 saturated carbocycles. The molecule has 3 aromatic rings. The van der Waals surface area contributed by atoms with Crippen molar-refractivity contribution in [2.24, 2.45) is 0 Å². The van der Waals surface area contributed by atoms with Gasteiger partial charge in [0.2, 0.25) is 0 Å². The number of hydrogen-bond donors (Lipinski definition) is 1. The van der Waals surface area contributed by atoms with E-state index in [9.17, 15) is 9.90 Å². The van der Waals surface area contributed by atoms with Crippen molar-refractivity contribution >= 4 is 17.7 Å². The predicted octanol–water partition coefficient (Wildman–Crippen LogP) is 2.78. The molecule has 8 heteroatoms. The summed E-state index contributed by atoms with van der Waals surface area (Å²) in [6.45, 7) is 3.62. The van der Waals surface area contributed by atoms with E-state index >= 15 is 0 Å². The Morgan fingerprint density at radius 3 is 2.68 bits per heavy atom. The molecule has 3 aliphatic heterocycles. The topological polar surface area (TPSA) is 76.5 Å². The summed E-state index contributed by atoms with van der Waals surface area (Å²) in [5.74, 6) is 1.04. The van der Waals surface area contributed by atoms with Crippen LogP contribution < -0.4 is 10.3 Å². The summed E-state index contributed by atoms with van der Waals surface area (Å²) in [6, 6.07) is 14.1. The molecule has 1 N–H and O–H groups in total. The third-order valence-electron chi connectivity index (χ3n) is 7.50. The number of benzene rings is 2. The molecule has 6 rings (SSSR count). The second-order valence-corrected chi connectivity index (χ2v) is 9.98. The first-order valence-corrected chi connectivity index (χ1v) is 11.9. The Morgan fingerprint density at radius 1 is 1.12 bits per heavy atom. The Hall–Kier alpha value is -2.65. The molecule has 1 aromatic heterocycles. The van der Waals surface area contributed by atoms with Crippen molar-refractivity contribution in [2.75, 3.05) is 27.2 Å². The Labute approximate surface area is 199 Å². The van der Waals surface area contributed by atoms with Gasteiger partial charge in [0.25, 0.3) is 5.56 Å². The number of nitrogens with zero attached hydrogens (tertiary/aromatic N) is 2. The van der Waals surface area contributed by atoms with E-state index in [1.165, 1.54) is 0 Å². The maximum atomic E-state index is 13.1. The summed E-state index contributed by atoms with van der Waals surface area (Å²) < 4.78 is 19.6. The number of epoxide rings is 1. The SMILES string of the molecule is Cc1cc(-c2ccc3ccn(CCN(C)C)c(=O)c3c2)ccc1OC1OB2C(CO)C3OC3C21. The van der Waals surface area contributed by atoms with Crippen molar-refractivity contribution in [2.45, 2.75) is 43.6 Å². The van der Waals surface area contributed by atoms with Crippen molar-refractivity contribution in [3.8, 4) is 16.9 Å². The lowest BCUT2D eigenvalue weighted by atomic mass is 9.46. The molecule has 5 unspecified atom stereocenters. The first-order valence-electron chi connectivity index (χ1n) is 11.9. The number of pyridine rings is 1. The van der Waals surface area contributed by atoms with Crippen LogP contribution in [0.15, 0.2) is 53.5 Å². The Kier molecular flexibility index (Phi) is 5.30. The number of aliphatic hydroxyl groups excluding tert-OH is 1. The van der Waals surface area contributed by atoms with Gasteiger partial charge in [0.1, 0.15) is 5.75 Å². The Balaban J connectivity index is 1.22. The fraction of sp³-hybridized carbons (Fsp3) is 0.423.